The molecular weight excluding hydrogens is 277 g/mol. The van der Waals surface area contributed by atoms with Crippen molar-refractivity contribution < 1.29 is 0 Å². The third-order valence-electron chi connectivity index (χ3n) is 1.72. The van der Waals surface area contributed by atoms with E-state index in [1.54, 1.807) is 12.7 Å². The Morgan fingerprint density at radius 1 is 1.23 bits per heavy atom. The lowest BCUT2D eigenvalue weighted by Gasteiger charge is -2.00. The molecule has 0 saturated carbocycles. The van der Waals surface area contributed by atoms with Crippen molar-refractivity contribution in [1.82, 2.24) is 14.8 Å². The van der Waals surface area contributed by atoms with Crippen LogP contribution < -0.4 is 0 Å². The summed E-state index contributed by atoms with van der Waals surface area (Å²) in [4.78, 5) is 3.89. The quantitative estimate of drug-likeness (QED) is 0.789. The van der Waals surface area contributed by atoms with Crippen LogP contribution in [-0.4, -0.2) is 14.8 Å². The first-order chi connectivity index (χ1) is 6.34. The predicted octanol–water partition coefficient (Wildman–Crippen LogP) is 1.93. The molecule has 0 unspecified atom stereocenters. The van der Waals surface area contributed by atoms with Gasteiger partial charge in [0.05, 0.1) is 6.54 Å². The van der Waals surface area contributed by atoms with Gasteiger partial charge in [-0.2, -0.15) is 5.10 Å². The summed E-state index contributed by atoms with van der Waals surface area (Å²) in [6.07, 6.45) is 3.27. The SMILES string of the molecule is Ic1ccc(Cn2cncn2)cc1. The van der Waals surface area contributed by atoms with Gasteiger partial charge in [-0.05, 0) is 40.3 Å². The van der Waals surface area contributed by atoms with E-state index >= 15 is 0 Å². The Hall–Kier alpha value is -0.910. The van der Waals surface area contributed by atoms with Gasteiger partial charge in [0.1, 0.15) is 12.7 Å². The van der Waals surface area contributed by atoms with Crippen LogP contribution in [-0.2, 0) is 6.54 Å². The molecule has 66 valence electrons. The van der Waals surface area contributed by atoms with Crippen LogP contribution in [0.2, 0.25) is 0 Å². The third-order valence-corrected chi connectivity index (χ3v) is 2.44. The highest BCUT2D eigenvalue weighted by molar-refractivity contribution is 14.1. The van der Waals surface area contributed by atoms with E-state index in [1.807, 2.05) is 4.68 Å². The van der Waals surface area contributed by atoms with Crippen LogP contribution in [0.3, 0.4) is 0 Å². The van der Waals surface area contributed by atoms with Gasteiger partial charge < -0.3 is 0 Å². The number of rotatable bonds is 2. The average Bonchev–Trinajstić information content (AvgIpc) is 2.62. The second kappa shape index (κ2) is 3.87. The monoisotopic (exact) mass is 285 g/mol. The Balaban J connectivity index is 2.15. The molecule has 3 nitrogen and oxygen atoms in total. The molecule has 4 heteroatoms. The molecule has 0 fully saturated rings. The minimum absolute atomic E-state index is 0.789. The van der Waals surface area contributed by atoms with Gasteiger partial charge >= 0.3 is 0 Å². The van der Waals surface area contributed by atoms with Crippen LogP contribution in [0.1, 0.15) is 5.56 Å². The van der Waals surface area contributed by atoms with Gasteiger partial charge in [-0.1, -0.05) is 12.1 Å². The fourth-order valence-corrected chi connectivity index (χ4v) is 1.45. The molecular formula is C9H8IN3. The van der Waals surface area contributed by atoms with E-state index in [-0.39, 0.29) is 0 Å². The van der Waals surface area contributed by atoms with E-state index in [9.17, 15) is 0 Å². The molecule has 0 amide bonds. The normalized spacial score (nSPS) is 10.2. The van der Waals surface area contributed by atoms with Crippen LogP contribution in [0.4, 0.5) is 0 Å². The Bertz CT molecular complexity index is 366. The van der Waals surface area contributed by atoms with Gasteiger partial charge in [0, 0.05) is 3.57 Å². The molecule has 1 aromatic carbocycles. The van der Waals surface area contributed by atoms with Gasteiger partial charge in [-0.3, -0.25) is 0 Å². The summed E-state index contributed by atoms with van der Waals surface area (Å²) in [5.74, 6) is 0. The summed E-state index contributed by atoms with van der Waals surface area (Å²) in [7, 11) is 0. The van der Waals surface area contributed by atoms with Gasteiger partial charge in [-0.25, -0.2) is 9.67 Å². The number of nitrogens with zero attached hydrogens (tertiary/aromatic N) is 3. The van der Waals surface area contributed by atoms with Crippen LogP contribution >= 0.6 is 22.6 Å². The van der Waals surface area contributed by atoms with Crippen molar-refractivity contribution in [1.29, 1.82) is 0 Å². The van der Waals surface area contributed by atoms with Crippen LogP contribution in [0, 0.1) is 3.57 Å². The average molecular weight is 285 g/mol. The number of hydrogen-bond acceptors (Lipinski definition) is 2. The van der Waals surface area contributed by atoms with E-state index in [2.05, 4.69) is 56.9 Å². The predicted molar refractivity (Wildman–Crippen MR) is 58.3 cm³/mol. The number of halogens is 1. The standard InChI is InChI=1S/C9H8IN3/c10-9-3-1-8(2-4-9)5-13-7-11-6-12-13/h1-4,6-7H,5H2. The lowest BCUT2D eigenvalue weighted by molar-refractivity contribution is 0.685. The smallest absolute Gasteiger partial charge is 0.137 e. The lowest BCUT2D eigenvalue weighted by Crippen LogP contribution is -1.99. The van der Waals surface area contributed by atoms with Crippen molar-refractivity contribution in [3.05, 3.63) is 46.1 Å². The summed E-state index contributed by atoms with van der Waals surface area (Å²) in [5.41, 5.74) is 1.24. The second-order valence-electron chi connectivity index (χ2n) is 2.72. The van der Waals surface area contributed by atoms with Crippen molar-refractivity contribution in [2.45, 2.75) is 6.54 Å². The fourth-order valence-electron chi connectivity index (χ4n) is 1.09. The molecule has 0 aliphatic carbocycles. The van der Waals surface area contributed by atoms with E-state index in [0.717, 1.165) is 6.54 Å². The van der Waals surface area contributed by atoms with E-state index in [4.69, 9.17) is 0 Å². The number of hydrogen-bond donors (Lipinski definition) is 0. The van der Waals surface area contributed by atoms with Crippen LogP contribution in [0.15, 0.2) is 36.9 Å². The third kappa shape index (κ3) is 2.27. The zero-order valence-electron chi connectivity index (χ0n) is 6.89. The van der Waals surface area contributed by atoms with E-state index in [1.165, 1.54) is 9.13 Å². The molecule has 0 aliphatic heterocycles. The van der Waals surface area contributed by atoms with Gasteiger partial charge in [0.15, 0.2) is 0 Å². The maximum Gasteiger partial charge on any atom is 0.137 e. The summed E-state index contributed by atoms with van der Waals surface area (Å²) in [6, 6.07) is 8.38. The first-order valence-corrected chi connectivity index (χ1v) is 4.99. The van der Waals surface area contributed by atoms with Gasteiger partial charge in [0.25, 0.3) is 0 Å². The highest BCUT2D eigenvalue weighted by atomic mass is 127. The second-order valence-corrected chi connectivity index (χ2v) is 3.97. The maximum atomic E-state index is 4.04. The van der Waals surface area contributed by atoms with Crippen molar-refractivity contribution in [3.8, 4) is 0 Å². The fraction of sp³-hybridized carbons (Fsp3) is 0.111. The number of benzene rings is 1. The molecule has 0 aliphatic rings. The molecule has 0 spiro atoms. The number of aromatic nitrogens is 3. The molecule has 1 heterocycles. The molecule has 2 rings (SSSR count). The van der Waals surface area contributed by atoms with Crippen molar-refractivity contribution in [2.75, 3.05) is 0 Å². The Labute approximate surface area is 89.9 Å². The molecule has 0 radical (unpaired) electrons. The van der Waals surface area contributed by atoms with Crippen molar-refractivity contribution in [3.63, 3.8) is 0 Å². The Morgan fingerprint density at radius 2 is 2.00 bits per heavy atom. The summed E-state index contributed by atoms with van der Waals surface area (Å²) < 4.78 is 3.06. The first kappa shape index (κ1) is 8.68. The molecule has 0 N–H and O–H groups in total. The lowest BCUT2D eigenvalue weighted by atomic mass is 10.2. The molecule has 13 heavy (non-hydrogen) atoms. The summed E-state index contributed by atoms with van der Waals surface area (Å²) in [5, 5.41) is 4.04. The summed E-state index contributed by atoms with van der Waals surface area (Å²) in [6.45, 7) is 0.789. The largest absolute Gasteiger partial charge is 0.249 e. The van der Waals surface area contributed by atoms with Crippen LogP contribution in [0.25, 0.3) is 0 Å². The highest BCUT2D eigenvalue weighted by Crippen LogP contribution is 2.07. The van der Waals surface area contributed by atoms with E-state index < -0.39 is 0 Å². The Kier molecular flexibility index (Phi) is 2.58. The summed E-state index contributed by atoms with van der Waals surface area (Å²) >= 11 is 2.29. The van der Waals surface area contributed by atoms with Crippen molar-refractivity contribution in [2.24, 2.45) is 0 Å². The topological polar surface area (TPSA) is 30.7 Å². The minimum atomic E-state index is 0.789. The van der Waals surface area contributed by atoms with Gasteiger partial charge in [0.2, 0.25) is 0 Å². The van der Waals surface area contributed by atoms with E-state index in [0.29, 0.717) is 0 Å². The zero-order chi connectivity index (χ0) is 9.10. The Morgan fingerprint density at radius 3 is 2.62 bits per heavy atom. The molecule has 0 atom stereocenters. The molecule has 0 bridgehead atoms. The van der Waals surface area contributed by atoms with Crippen LogP contribution in [0.5, 0.6) is 0 Å². The first-order valence-electron chi connectivity index (χ1n) is 3.91. The molecule has 2 aromatic rings. The highest BCUT2D eigenvalue weighted by Gasteiger charge is 1.94. The molecule has 0 saturated heterocycles. The molecule has 1 aromatic heterocycles. The minimum Gasteiger partial charge on any atom is -0.249 e. The van der Waals surface area contributed by atoms with Crippen molar-refractivity contribution >= 4 is 22.6 Å². The van der Waals surface area contributed by atoms with Gasteiger partial charge in [-0.15, -0.1) is 0 Å². The maximum absolute atomic E-state index is 4.04. The zero-order valence-corrected chi connectivity index (χ0v) is 9.05.